The molecule has 2 heterocycles. The molecule has 1 aliphatic rings. The molecule has 1 atom stereocenters. The topological polar surface area (TPSA) is 81.4 Å². The fourth-order valence-electron chi connectivity index (χ4n) is 2.51. The molecule has 0 radical (unpaired) electrons. The lowest BCUT2D eigenvalue weighted by Gasteiger charge is -2.26. The third kappa shape index (κ3) is 3.63. The van der Waals surface area contributed by atoms with Crippen molar-refractivity contribution in [3.8, 4) is 0 Å². The molecule has 1 N–H and O–H groups in total. The molecular weight excluding hydrogens is 429 g/mol. The molecule has 0 unspecified atom stereocenters. The Hall–Kier alpha value is -2.26. The minimum atomic E-state index is -0.794. The van der Waals surface area contributed by atoms with Gasteiger partial charge in [0, 0.05) is 21.6 Å². The second-order valence-corrected chi connectivity index (χ2v) is 6.18. The quantitative estimate of drug-likeness (QED) is 0.582. The molecule has 3 rings (SSSR count). The lowest BCUT2D eigenvalue weighted by molar-refractivity contribution is -0.138. The molecule has 0 saturated heterocycles. The Morgan fingerprint density at radius 3 is 2.77 bits per heavy atom. The van der Waals surface area contributed by atoms with E-state index in [1.54, 1.807) is 6.92 Å². The van der Waals surface area contributed by atoms with Gasteiger partial charge in [0.2, 0.25) is 5.96 Å². The summed E-state index contributed by atoms with van der Waals surface area (Å²) >= 11 is 9.58. The fourth-order valence-corrected chi connectivity index (χ4v) is 3.22. The number of ether oxygens (including phenoxy) is 1. The van der Waals surface area contributed by atoms with Crippen molar-refractivity contribution in [2.45, 2.75) is 13.0 Å². The number of carbonyl (C=O) groups excluding carboxylic acids is 1. The Morgan fingerprint density at radius 2 is 2.15 bits per heavy atom. The maximum Gasteiger partial charge on any atom is 0.338 e. The number of aromatic nitrogens is 3. The summed E-state index contributed by atoms with van der Waals surface area (Å²) in [6, 6.07) is 3.14. The second-order valence-electron chi connectivity index (χ2n) is 5.21. The van der Waals surface area contributed by atoms with Crippen molar-refractivity contribution < 1.29 is 13.9 Å². The van der Waals surface area contributed by atoms with E-state index >= 15 is 0 Å². The summed E-state index contributed by atoms with van der Waals surface area (Å²) in [7, 11) is 0. The van der Waals surface area contributed by atoms with Crippen LogP contribution in [0.5, 0.6) is 0 Å². The van der Waals surface area contributed by atoms with Gasteiger partial charge in [-0.2, -0.15) is 10.2 Å². The Bertz CT molecular complexity index is 885. The highest BCUT2D eigenvalue weighted by atomic mass is 79.9. The number of hydrogen-bond donors (Lipinski definition) is 1. The van der Waals surface area contributed by atoms with Crippen LogP contribution in [-0.2, 0) is 9.53 Å². The first-order valence-electron chi connectivity index (χ1n) is 7.67. The van der Waals surface area contributed by atoms with E-state index in [0.717, 1.165) is 0 Å². The van der Waals surface area contributed by atoms with Gasteiger partial charge in [-0.15, -0.1) is 4.80 Å². The summed E-state index contributed by atoms with van der Waals surface area (Å²) in [5.41, 5.74) is 1.30. The summed E-state index contributed by atoms with van der Waals surface area (Å²) in [5, 5.41) is 11.6. The van der Waals surface area contributed by atoms with Crippen LogP contribution in [0.3, 0.4) is 0 Å². The van der Waals surface area contributed by atoms with Gasteiger partial charge in [0.1, 0.15) is 11.9 Å². The number of hydrogen-bond acceptors (Lipinski definition) is 6. The molecular formula is C16H14BrClFN5O2. The number of nitrogens with zero attached hydrogens (tertiary/aromatic N) is 4. The van der Waals surface area contributed by atoms with Crippen LogP contribution in [0.4, 0.5) is 4.39 Å². The molecule has 0 spiro atoms. The molecule has 2 aromatic rings. The zero-order chi connectivity index (χ0) is 18.7. The minimum Gasteiger partial charge on any atom is -0.463 e. The van der Waals surface area contributed by atoms with Crippen LogP contribution >= 0.6 is 27.5 Å². The number of allylic oxidation sites excluding steroid dienone is 1. The molecule has 0 fully saturated rings. The molecule has 0 saturated carbocycles. The summed E-state index contributed by atoms with van der Waals surface area (Å²) in [6.07, 6.45) is 3.00. The Labute approximate surface area is 162 Å². The van der Waals surface area contributed by atoms with E-state index < -0.39 is 17.8 Å². The van der Waals surface area contributed by atoms with E-state index in [1.807, 2.05) is 0 Å². The number of aliphatic imine (C=N–C) groups is 1. The van der Waals surface area contributed by atoms with Gasteiger partial charge in [-0.1, -0.05) is 33.6 Å². The van der Waals surface area contributed by atoms with E-state index in [-0.39, 0.29) is 17.2 Å². The van der Waals surface area contributed by atoms with Crippen LogP contribution in [0.2, 0.25) is 5.02 Å². The lowest BCUT2D eigenvalue weighted by Crippen LogP contribution is -2.39. The van der Waals surface area contributed by atoms with E-state index in [4.69, 9.17) is 16.3 Å². The number of nitrogens with one attached hydrogen (secondary N) is 1. The standard InChI is InChI=1S/C16H14BrClFN5O2/c1-2-26-15(25)13-12(8-17)22-16(24-20-5-6-21-24)23-14(13)10-4-3-9(19)7-11(10)18/h3-7,14H,2,8H2,1H3,(H,22,23)/t14-/m0/s1. The highest BCUT2D eigenvalue weighted by Crippen LogP contribution is 2.36. The predicted octanol–water partition coefficient (Wildman–Crippen LogP) is 2.83. The van der Waals surface area contributed by atoms with E-state index in [9.17, 15) is 9.18 Å². The number of benzene rings is 1. The van der Waals surface area contributed by atoms with Crippen LogP contribution in [0.25, 0.3) is 0 Å². The van der Waals surface area contributed by atoms with Crippen molar-refractivity contribution in [3.63, 3.8) is 0 Å². The third-order valence-corrected chi connectivity index (χ3v) is 4.49. The monoisotopic (exact) mass is 441 g/mol. The summed E-state index contributed by atoms with van der Waals surface area (Å²) in [6.45, 7) is 1.92. The summed E-state index contributed by atoms with van der Waals surface area (Å²) in [5.74, 6) is -0.702. The van der Waals surface area contributed by atoms with Crippen LogP contribution in [-0.4, -0.2) is 38.9 Å². The Kier molecular flexibility index (Phi) is 5.67. The third-order valence-electron chi connectivity index (χ3n) is 3.61. The largest absolute Gasteiger partial charge is 0.463 e. The molecule has 136 valence electrons. The highest BCUT2D eigenvalue weighted by molar-refractivity contribution is 9.09. The number of rotatable bonds is 4. The molecule has 0 aliphatic carbocycles. The van der Waals surface area contributed by atoms with Crippen molar-refractivity contribution in [1.29, 1.82) is 0 Å². The Morgan fingerprint density at radius 1 is 1.42 bits per heavy atom. The Balaban J connectivity index is 2.15. The number of halogens is 3. The first-order chi connectivity index (χ1) is 12.5. The zero-order valence-corrected chi connectivity index (χ0v) is 16.0. The molecule has 0 bridgehead atoms. The van der Waals surface area contributed by atoms with E-state index in [1.165, 1.54) is 35.4 Å². The minimum absolute atomic E-state index is 0.157. The van der Waals surface area contributed by atoms with Crippen LogP contribution < -0.4 is 5.32 Å². The van der Waals surface area contributed by atoms with E-state index in [0.29, 0.717) is 22.6 Å². The van der Waals surface area contributed by atoms with Gasteiger partial charge in [0.15, 0.2) is 0 Å². The maximum atomic E-state index is 13.5. The molecule has 26 heavy (non-hydrogen) atoms. The molecule has 1 aromatic carbocycles. The van der Waals surface area contributed by atoms with Gasteiger partial charge >= 0.3 is 5.97 Å². The smallest absolute Gasteiger partial charge is 0.338 e. The van der Waals surface area contributed by atoms with Crippen LogP contribution in [0.1, 0.15) is 18.5 Å². The van der Waals surface area contributed by atoms with Gasteiger partial charge in [-0.3, -0.25) is 0 Å². The average Bonchev–Trinajstić information content (AvgIpc) is 3.15. The second kappa shape index (κ2) is 7.96. The van der Waals surface area contributed by atoms with Crippen molar-refractivity contribution in [1.82, 2.24) is 20.3 Å². The number of alkyl halides is 1. The molecule has 10 heteroatoms. The van der Waals surface area contributed by atoms with Crippen molar-refractivity contribution in [2.75, 3.05) is 11.9 Å². The van der Waals surface area contributed by atoms with Crippen molar-refractivity contribution >= 4 is 39.5 Å². The number of esters is 1. The van der Waals surface area contributed by atoms with Crippen LogP contribution in [0, 0.1) is 5.82 Å². The van der Waals surface area contributed by atoms with Gasteiger partial charge in [-0.05, 0) is 19.1 Å². The fraction of sp³-hybridized carbons (Fsp3) is 0.250. The molecule has 1 aromatic heterocycles. The first-order valence-corrected chi connectivity index (χ1v) is 9.17. The predicted molar refractivity (Wildman–Crippen MR) is 97.6 cm³/mol. The van der Waals surface area contributed by atoms with Gasteiger partial charge < -0.3 is 10.1 Å². The normalized spacial score (nSPS) is 16.9. The number of carbonyl (C=O) groups is 1. The molecule has 1 aliphatic heterocycles. The summed E-state index contributed by atoms with van der Waals surface area (Å²) in [4.78, 5) is 18.4. The van der Waals surface area contributed by atoms with Gasteiger partial charge in [0.25, 0.3) is 0 Å². The van der Waals surface area contributed by atoms with Gasteiger partial charge in [-0.25, -0.2) is 14.2 Å². The molecule has 7 nitrogen and oxygen atoms in total. The van der Waals surface area contributed by atoms with Crippen molar-refractivity contribution in [3.05, 3.63) is 58.3 Å². The average molecular weight is 443 g/mol. The highest BCUT2D eigenvalue weighted by Gasteiger charge is 2.33. The summed E-state index contributed by atoms with van der Waals surface area (Å²) < 4.78 is 18.6. The maximum absolute atomic E-state index is 13.5. The molecule has 0 amide bonds. The first kappa shape index (κ1) is 18.5. The van der Waals surface area contributed by atoms with Crippen LogP contribution in [0.15, 0.2) is 46.9 Å². The zero-order valence-electron chi connectivity index (χ0n) is 13.6. The van der Waals surface area contributed by atoms with Gasteiger partial charge in [0.05, 0.1) is 24.6 Å². The van der Waals surface area contributed by atoms with Crippen molar-refractivity contribution in [2.24, 2.45) is 4.99 Å². The lowest BCUT2D eigenvalue weighted by atomic mass is 9.96. The SMILES string of the molecule is CCOC(=O)C1=C(CBr)NC(n2nccn2)=N[C@H]1c1ccc(F)cc1Cl. The van der Waals surface area contributed by atoms with E-state index in [2.05, 4.69) is 36.4 Å².